The van der Waals surface area contributed by atoms with Crippen LogP contribution in [0.25, 0.3) is 20.7 Å². The highest BCUT2D eigenvalue weighted by atomic mass is 35.5. The maximum atomic E-state index is 11.3. The van der Waals surface area contributed by atoms with Gasteiger partial charge in [-0.3, -0.25) is 0 Å². The largest absolute Gasteiger partial charge is 0.496 e. The van der Waals surface area contributed by atoms with Gasteiger partial charge in [-0.05, 0) is 17.7 Å². The molecule has 4 aromatic rings. The Kier molecular flexibility index (Phi) is 4.85. The van der Waals surface area contributed by atoms with E-state index < -0.39 is 5.97 Å². The Morgan fingerprint density at radius 1 is 1.18 bits per heavy atom. The lowest BCUT2D eigenvalue weighted by Gasteiger charge is -2.12. The molecule has 0 amide bonds. The zero-order valence-electron chi connectivity index (χ0n) is 14.6. The monoisotopic (exact) mass is 411 g/mol. The third-order valence-corrected chi connectivity index (χ3v) is 5.57. The van der Waals surface area contributed by atoms with Crippen molar-refractivity contribution < 1.29 is 14.6 Å². The van der Waals surface area contributed by atoms with E-state index in [4.69, 9.17) is 16.3 Å². The molecular formula is C20H14ClN3O3S. The van der Waals surface area contributed by atoms with Gasteiger partial charge in [-0.2, -0.15) is 0 Å². The third kappa shape index (κ3) is 3.37. The number of thiophene rings is 1. The number of carbonyl (C=O) groups is 1. The Hall–Kier alpha value is -3.16. The molecule has 6 nitrogen and oxygen atoms in total. The highest BCUT2D eigenvalue weighted by Crippen LogP contribution is 2.38. The lowest BCUT2D eigenvalue weighted by Crippen LogP contribution is -2.03. The van der Waals surface area contributed by atoms with E-state index in [2.05, 4.69) is 15.3 Å². The number of hydrogen-bond donors (Lipinski definition) is 2. The highest BCUT2D eigenvalue weighted by Gasteiger charge is 2.17. The summed E-state index contributed by atoms with van der Waals surface area (Å²) in [6.45, 7) is 0. The smallest absolute Gasteiger partial charge is 0.339 e. The lowest BCUT2D eigenvalue weighted by molar-refractivity contribution is 0.0693. The summed E-state index contributed by atoms with van der Waals surface area (Å²) in [5.41, 5.74) is 1.59. The Labute approximate surface area is 169 Å². The fourth-order valence-corrected chi connectivity index (χ4v) is 4.03. The Bertz CT molecular complexity index is 1180. The van der Waals surface area contributed by atoms with Crippen molar-refractivity contribution in [3.8, 4) is 16.2 Å². The molecule has 0 spiro atoms. The van der Waals surface area contributed by atoms with Crippen LogP contribution in [0.3, 0.4) is 0 Å². The molecule has 140 valence electrons. The molecule has 0 unspecified atom stereocenters. The van der Waals surface area contributed by atoms with Crippen molar-refractivity contribution >= 4 is 50.6 Å². The molecule has 28 heavy (non-hydrogen) atoms. The molecule has 0 saturated carbocycles. The zero-order chi connectivity index (χ0) is 19.7. The summed E-state index contributed by atoms with van der Waals surface area (Å²) in [5.74, 6) is -0.324. The van der Waals surface area contributed by atoms with Crippen molar-refractivity contribution in [1.29, 1.82) is 0 Å². The minimum absolute atomic E-state index is 0.00668. The topological polar surface area (TPSA) is 84.3 Å². The maximum Gasteiger partial charge on any atom is 0.339 e. The van der Waals surface area contributed by atoms with E-state index in [0.29, 0.717) is 11.5 Å². The average molecular weight is 412 g/mol. The van der Waals surface area contributed by atoms with Crippen molar-refractivity contribution in [2.45, 2.75) is 0 Å². The van der Waals surface area contributed by atoms with E-state index >= 15 is 0 Å². The zero-order valence-corrected chi connectivity index (χ0v) is 16.2. The molecule has 0 fully saturated rings. The molecule has 2 N–H and O–H groups in total. The van der Waals surface area contributed by atoms with Gasteiger partial charge in [-0.25, -0.2) is 14.8 Å². The first-order chi connectivity index (χ1) is 13.6. The van der Waals surface area contributed by atoms with Crippen molar-refractivity contribution in [3.63, 3.8) is 0 Å². The number of methoxy groups -OCH3 is 1. The van der Waals surface area contributed by atoms with E-state index in [1.165, 1.54) is 19.5 Å². The quantitative estimate of drug-likeness (QED) is 0.453. The summed E-state index contributed by atoms with van der Waals surface area (Å²) in [7, 11) is 1.41. The number of halogens is 1. The molecule has 0 saturated heterocycles. The maximum absolute atomic E-state index is 11.3. The van der Waals surface area contributed by atoms with Crippen molar-refractivity contribution in [1.82, 2.24) is 9.97 Å². The van der Waals surface area contributed by atoms with Gasteiger partial charge in [0.1, 0.15) is 28.3 Å². The van der Waals surface area contributed by atoms with E-state index in [1.807, 2.05) is 36.4 Å². The van der Waals surface area contributed by atoms with Gasteiger partial charge >= 0.3 is 5.97 Å². The van der Waals surface area contributed by atoms with Crippen LogP contribution in [0.1, 0.15) is 10.4 Å². The van der Waals surface area contributed by atoms with Crippen LogP contribution in [0.15, 0.2) is 54.9 Å². The van der Waals surface area contributed by atoms with Gasteiger partial charge in [0.05, 0.1) is 23.2 Å². The summed E-state index contributed by atoms with van der Waals surface area (Å²) in [6.07, 6.45) is 1.48. The minimum Gasteiger partial charge on any atom is -0.496 e. The van der Waals surface area contributed by atoms with Crippen LogP contribution in [0.4, 0.5) is 11.5 Å². The second-order valence-corrected chi connectivity index (χ2v) is 7.32. The number of fused-ring (bicyclic) bond motifs is 1. The van der Waals surface area contributed by atoms with Crippen LogP contribution in [0.2, 0.25) is 5.02 Å². The predicted octanol–water partition coefficient (Wildman–Crippen LogP) is 5.46. The standard InChI is InChI=1S/C20H14ClN3O3S/c1-27-16-9-15(14(21)7-12(16)20(25)26)24-18-13-8-17(11-5-3-2-4-6-11)28-19(13)23-10-22-18/h2-10H,1H3,(H,25,26)(H,22,23,24). The summed E-state index contributed by atoms with van der Waals surface area (Å²) >= 11 is 7.85. The highest BCUT2D eigenvalue weighted by molar-refractivity contribution is 7.21. The van der Waals surface area contributed by atoms with Crippen LogP contribution < -0.4 is 10.1 Å². The molecule has 2 aromatic heterocycles. The van der Waals surface area contributed by atoms with Gasteiger partial charge in [0, 0.05) is 10.9 Å². The summed E-state index contributed by atoms with van der Waals surface area (Å²) in [6, 6.07) is 14.9. The third-order valence-electron chi connectivity index (χ3n) is 4.16. The Balaban J connectivity index is 1.76. The second kappa shape index (κ2) is 7.46. The Morgan fingerprint density at radius 2 is 1.96 bits per heavy atom. The van der Waals surface area contributed by atoms with Crippen molar-refractivity contribution in [3.05, 3.63) is 65.4 Å². The number of aromatic carboxylic acids is 1. The summed E-state index contributed by atoms with van der Waals surface area (Å²) in [5, 5.41) is 13.6. The number of nitrogens with one attached hydrogen (secondary N) is 1. The normalized spacial score (nSPS) is 10.8. The molecule has 4 rings (SSSR count). The number of rotatable bonds is 5. The summed E-state index contributed by atoms with van der Waals surface area (Å²) < 4.78 is 5.18. The van der Waals surface area contributed by atoms with E-state index in [1.54, 1.807) is 17.4 Å². The molecule has 0 radical (unpaired) electrons. The number of nitrogens with zero attached hydrogens (tertiary/aromatic N) is 2. The predicted molar refractivity (Wildman–Crippen MR) is 111 cm³/mol. The van der Waals surface area contributed by atoms with Gasteiger partial charge in [0.15, 0.2) is 0 Å². The lowest BCUT2D eigenvalue weighted by atomic mass is 10.1. The number of carboxylic acids is 1. The van der Waals surface area contributed by atoms with E-state index in [0.717, 1.165) is 20.7 Å². The van der Waals surface area contributed by atoms with Gasteiger partial charge in [-0.15, -0.1) is 11.3 Å². The second-order valence-electron chi connectivity index (χ2n) is 5.88. The fourth-order valence-electron chi connectivity index (χ4n) is 2.81. The molecule has 0 aliphatic heterocycles. The fraction of sp³-hybridized carbons (Fsp3) is 0.0500. The number of aromatic nitrogens is 2. The SMILES string of the molecule is COc1cc(Nc2ncnc3sc(-c4ccccc4)cc23)c(Cl)cc1C(=O)O. The molecule has 8 heteroatoms. The van der Waals surface area contributed by atoms with Gasteiger partial charge in [0.25, 0.3) is 0 Å². The van der Waals surface area contributed by atoms with Gasteiger partial charge in [0.2, 0.25) is 0 Å². The van der Waals surface area contributed by atoms with Gasteiger partial charge < -0.3 is 15.2 Å². The number of benzene rings is 2. The molecule has 0 aliphatic carbocycles. The van der Waals surface area contributed by atoms with E-state index in [9.17, 15) is 9.90 Å². The van der Waals surface area contributed by atoms with Crippen LogP contribution in [-0.2, 0) is 0 Å². The number of ether oxygens (including phenoxy) is 1. The number of carboxylic acid groups (broad SMARTS) is 1. The van der Waals surface area contributed by atoms with Crippen molar-refractivity contribution in [2.75, 3.05) is 12.4 Å². The first kappa shape index (κ1) is 18.2. The van der Waals surface area contributed by atoms with E-state index in [-0.39, 0.29) is 16.3 Å². The number of hydrogen-bond acceptors (Lipinski definition) is 6. The van der Waals surface area contributed by atoms with Gasteiger partial charge in [-0.1, -0.05) is 41.9 Å². The average Bonchev–Trinajstić information content (AvgIpc) is 3.15. The van der Waals surface area contributed by atoms with Crippen LogP contribution in [-0.4, -0.2) is 28.2 Å². The first-order valence-electron chi connectivity index (χ1n) is 8.24. The number of anilines is 2. The summed E-state index contributed by atoms with van der Waals surface area (Å²) in [4.78, 5) is 21.9. The molecule has 0 atom stereocenters. The first-order valence-corrected chi connectivity index (χ1v) is 9.44. The molecule has 2 aromatic carbocycles. The molecular weight excluding hydrogens is 398 g/mol. The molecule has 2 heterocycles. The van der Waals surface area contributed by atoms with Crippen molar-refractivity contribution in [2.24, 2.45) is 0 Å². The van der Waals surface area contributed by atoms with Crippen LogP contribution in [0.5, 0.6) is 5.75 Å². The molecule has 0 aliphatic rings. The Morgan fingerprint density at radius 3 is 2.68 bits per heavy atom. The molecule has 0 bridgehead atoms. The van der Waals surface area contributed by atoms with Crippen LogP contribution >= 0.6 is 22.9 Å². The van der Waals surface area contributed by atoms with Crippen LogP contribution in [0, 0.1) is 0 Å². The minimum atomic E-state index is -1.11.